The first kappa shape index (κ1) is 14.2. The molecule has 0 atom stereocenters. The number of nitrogens with zero attached hydrogens (tertiary/aromatic N) is 1. The van der Waals surface area contributed by atoms with Crippen molar-refractivity contribution in [2.45, 2.75) is 26.2 Å². The lowest BCUT2D eigenvalue weighted by molar-refractivity contribution is -0.118. The molecule has 0 spiro atoms. The standard InChI is InChI=1S/C14H20N2O2/c1-2-14(18)8-10-16(9-3-11-17)13-6-4-12(15)5-7-13/h4-7,11H,2-3,8-10,15H2,1H3. The predicted molar refractivity (Wildman–Crippen MR) is 73.7 cm³/mol. The van der Waals surface area contributed by atoms with E-state index in [-0.39, 0.29) is 5.78 Å². The van der Waals surface area contributed by atoms with Crippen molar-refractivity contribution in [3.8, 4) is 0 Å². The zero-order chi connectivity index (χ0) is 13.4. The average molecular weight is 248 g/mol. The quantitative estimate of drug-likeness (QED) is 0.565. The van der Waals surface area contributed by atoms with E-state index in [2.05, 4.69) is 0 Å². The van der Waals surface area contributed by atoms with Crippen molar-refractivity contribution >= 4 is 23.4 Å². The Morgan fingerprint density at radius 1 is 1.28 bits per heavy atom. The highest BCUT2D eigenvalue weighted by Gasteiger charge is 2.08. The maximum atomic E-state index is 11.4. The first-order valence-corrected chi connectivity index (χ1v) is 6.23. The summed E-state index contributed by atoms with van der Waals surface area (Å²) in [5.41, 5.74) is 7.34. The minimum atomic E-state index is 0.238. The highest BCUT2D eigenvalue weighted by molar-refractivity contribution is 5.78. The molecule has 0 aliphatic rings. The third kappa shape index (κ3) is 4.57. The topological polar surface area (TPSA) is 63.4 Å². The van der Waals surface area contributed by atoms with Crippen LogP contribution in [0.25, 0.3) is 0 Å². The van der Waals surface area contributed by atoms with Gasteiger partial charge in [-0.05, 0) is 24.3 Å². The van der Waals surface area contributed by atoms with Gasteiger partial charge in [0.15, 0.2) is 0 Å². The van der Waals surface area contributed by atoms with Crippen molar-refractivity contribution in [3.05, 3.63) is 24.3 Å². The van der Waals surface area contributed by atoms with Gasteiger partial charge in [-0.2, -0.15) is 0 Å². The van der Waals surface area contributed by atoms with E-state index in [1.165, 1.54) is 0 Å². The van der Waals surface area contributed by atoms with Crippen LogP contribution in [-0.2, 0) is 9.59 Å². The SMILES string of the molecule is CCC(=O)CCN(CCC=O)c1ccc(N)cc1. The Morgan fingerprint density at radius 3 is 2.50 bits per heavy atom. The molecule has 4 heteroatoms. The van der Waals surface area contributed by atoms with Gasteiger partial charge < -0.3 is 15.4 Å². The molecule has 4 nitrogen and oxygen atoms in total. The second-order valence-electron chi connectivity index (χ2n) is 4.18. The Balaban J connectivity index is 2.67. The summed E-state index contributed by atoms with van der Waals surface area (Å²) >= 11 is 0. The summed E-state index contributed by atoms with van der Waals surface area (Å²) in [5, 5.41) is 0. The van der Waals surface area contributed by atoms with Crippen molar-refractivity contribution in [1.82, 2.24) is 0 Å². The van der Waals surface area contributed by atoms with Crippen molar-refractivity contribution < 1.29 is 9.59 Å². The molecule has 2 N–H and O–H groups in total. The van der Waals surface area contributed by atoms with Crippen molar-refractivity contribution in [2.75, 3.05) is 23.7 Å². The van der Waals surface area contributed by atoms with Crippen LogP contribution in [0.5, 0.6) is 0 Å². The molecule has 18 heavy (non-hydrogen) atoms. The van der Waals surface area contributed by atoms with Crippen LogP contribution < -0.4 is 10.6 Å². The maximum absolute atomic E-state index is 11.4. The fraction of sp³-hybridized carbons (Fsp3) is 0.429. The molecule has 0 aromatic heterocycles. The molecular formula is C14H20N2O2. The highest BCUT2D eigenvalue weighted by Crippen LogP contribution is 2.17. The highest BCUT2D eigenvalue weighted by atomic mass is 16.1. The van der Waals surface area contributed by atoms with Gasteiger partial charge in [0.05, 0.1) is 0 Å². The van der Waals surface area contributed by atoms with Crippen molar-refractivity contribution in [1.29, 1.82) is 0 Å². The van der Waals surface area contributed by atoms with E-state index in [4.69, 9.17) is 5.73 Å². The summed E-state index contributed by atoms with van der Waals surface area (Å²) < 4.78 is 0. The van der Waals surface area contributed by atoms with E-state index in [1.54, 1.807) is 0 Å². The number of carbonyl (C=O) groups excluding carboxylic acids is 2. The number of nitrogens with two attached hydrogens (primary N) is 1. The Kier molecular flexibility index (Phi) is 5.91. The molecule has 0 heterocycles. The second-order valence-corrected chi connectivity index (χ2v) is 4.18. The third-order valence-corrected chi connectivity index (χ3v) is 2.83. The van der Waals surface area contributed by atoms with Gasteiger partial charge in [-0.3, -0.25) is 4.79 Å². The van der Waals surface area contributed by atoms with E-state index < -0.39 is 0 Å². The minimum absolute atomic E-state index is 0.238. The van der Waals surface area contributed by atoms with E-state index in [0.29, 0.717) is 38.0 Å². The zero-order valence-corrected chi connectivity index (χ0v) is 10.8. The lowest BCUT2D eigenvalue weighted by atomic mass is 10.2. The molecule has 1 rings (SSSR count). The Bertz CT molecular complexity index is 387. The van der Waals surface area contributed by atoms with Gasteiger partial charge in [-0.25, -0.2) is 0 Å². The van der Waals surface area contributed by atoms with Crippen LogP contribution in [0.1, 0.15) is 26.2 Å². The third-order valence-electron chi connectivity index (χ3n) is 2.83. The fourth-order valence-corrected chi connectivity index (χ4v) is 1.70. The number of carbonyl (C=O) groups is 2. The van der Waals surface area contributed by atoms with Crippen LogP contribution in [0.4, 0.5) is 11.4 Å². The zero-order valence-electron chi connectivity index (χ0n) is 10.8. The number of nitrogen functional groups attached to an aromatic ring is 1. The van der Waals surface area contributed by atoms with Gasteiger partial charge in [-0.1, -0.05) is 6.92 Å². The molecule has 0 saturated carbocycles. The molecule has 0 amide bonds. The lowest BCUT2D eigenvalue weighted by Gasteiger charge is -2.23. The summed E-state index contributed by atoms with van der Waals surface area (Å²) in [6, 6.07) is 7.48. The molecule has 0 aliphatic carbocycles. The van der Waals surface area contributed by atoms with Crippen LogP contribution in [0.2, 0.25) is 0 Å². The molecule has 1 aromatic rings. The first-order valence-electron chi connectivity index (χ1n) is 6.23. The fourth-order valence-electron chi connectivity index (χ4n) is 1.70. The van der Waals surface area contributed by atoms with Crippen molar-refractivity contribution in [3.63, 3.8) is 0 Å². The lowest BCUT2D eigenvalue weighted by Crippen LogP contribution is -2.27. The van der Waals surface area contributed by atoms with Crippen LogP contribution in [0, 0.1) is 0 Å². The molecule has 1 aromatic carbocycles. The molecular weight excluding hydrogens is 228 g/mol. The summed E-state index contributed by atoms with van der Waals surface area (Å²) in [7, 11) is 0. The smallest absolute Gasteiger partial charge is 0.134 e. The number of anilines is 2. The number of hydrogen-bond donors (Lipinski definition) is 1. The molecule has 98 valence electrons. The predicted octanol–water partition coefficient (Wildman–Crippen LogP) is 2.03. The van der Waals surface area contributed by atoms with Gasteiger partial charge in [0.1, 0.15) is 12.1 Å². The van der Waals surface area contributed by atoms with E-state index in [1.807, 2.05) is 36.1 Å². The second kappa shape index (κ2) is 7.48. The molecule has 0 bridgehead atoms. The summed E-state index contributed by atoms with van der Waals surface area (Å²) in [6.45, 7) is 3.14. The molecule has 0 radical (unpaired) electrons. The molecule has 0 saturated heterocycles. The maximum Gasteiger partial charge on any atom is 0.134 e. The van der Waals surface area contributed by atoms with Crippen LogP contribution in [-0.4, -0.2) is 25.2 Å². The number of benzene rings is 1. The van der Waals surface area contributed by atoms with Gasteiger partial charge in [0, 0.05) is 43.7 Å². The number of rotatable bonds is 8. The van der Waals surface area contributed by atoms with Gasteiger partial charge in [-0.15, -0.1) is 0 Å². The summed E-state index contributed by atoms with van der Waals surface area (Å²) in [6.07, 6.45) is 2.43. The first-order chi connectivity index (χ1) is 8.67. The molecule has 0 fully saturated rings. The monoisotopic (exact) mass is 248 g/mol. The number of Topliss-reactive ketones (excluding diaryl/α,β-unsaturated/α-hetero) is 1. The van der Waals surface area contributed by atoms with E-state index >= 15 is 0 Å². The number of ketones is 1. The van der Waals surface area contributed by atoms with Gasteiger partial charge >= 0.3 is 0 Å². The van der Waals surface area contributed by atoms with Crippen molar-refractivity contribution in [2.24, 2.45) is 0 Å². The van der Waals surface area contributed by atoms with Crippen LogP contribution in [0.3, 0.4) is 0 Å². The van der Waals surface area contributed by atoms with E-state index in [9.17, 15) is 9.59 Å². The average Bonchev–Trinajstić information content (AvgIpc) is 2.40. The normalized spacial score (nSPS) is 10.1. The largest absolute Gasteiger partial charge is 0.399 e. The summed E-state index contributed by atoms with van der Waals surface area (Å²) in [4.78, 5) is 23.9. The number of hydrogen-bond acceptors (Lipinski definition) is 4. The van der Waals surface area contributed by atoms with Crippen LogP contribution >= 0.6 is 0 Å². The number of aldehydes is 1. The van der Waals surface area contributed by atoms with Crippen LogP contribution in [0.15, 0.2) is 24.3 Å². The Hall–Kier alpha value is -1.84. The molecule has 0 unspecified atom stereocenters. The minimum Gasteiger partial charge on any atom is -0.399 e. The van der Waals surface area contributed by atoms with E-state index in [0.717, 1.165) is 12.0 Å². The van der Waals surface area contributed by atoms with Gasteiger partial charge in [0.2, 0.25) is 0 Å². The Morgan fingerprint density at radius 2 is 1.94 bits per heavy atom. The summed E-state index contributed by atoms with van der Waals surface area (Å²) in [5.74, 6) is 0.238. The van der Waals surface area contributed by atoms with Gasteiger partial charge in [0.25, 0.3) is 0 Å². The Labute approximate surface area is 108 Å². The molecule has 0 aliphatic heterocycles.